The Morgan fingerprint density at radius 2 is 1.95 bits per heavy atom. The molecule has 5 heteroatoms. The fourth-order valence-electron chi connectivity index (χ4n) is 1.93. The Bertz CT molecular complexity index is 687. The van der Waals surface area contributed by atoms with Gasteiger partial charge in [-0.05, 0) is 43.5 Å². The van der Waals surface area contributed by atoms with Crippen molar-refractivity contribution >= 4 is 10.0 Å². The molecule has 4 nitrogen and oxygen atoms in total. The molecule has 0 amide bonds. The van der Waals surface area contributed by atoms with Crippen LogP contribution >= 0.6 is 0 Å². The molecule has 0 unspecified atom stereocenters. The summed E-state index contributed by atoms with van der Waals surface area (Å²) in [6.07, 6.45) is 4.55. The number of aromatic nitrogens is 2. The van der Waals surface area contributed by atoms with Crippen LogP contribution < -0.4 is 0 Å². The third kappa shape index (κ3) is 2.56. The molecule has 2 aromatic rings. The van der Waals surface area contributed by atoms with E-state index in [9.17, 15) is 8.42 Å². The Morgan fingerprint density at radius 3 is 2.58 bits per heavy atom. The summed E-state index contributed by atoms with van der Waals surface area (Å²) in [5.74, 6) is 0.584. The van der Waals surface area contributed by atoms with Crippen LogP contribution in [-0.2, 0) is 16.4 Å². The first-order valence-corrected chi connectivity index (χ1v) is 7.76. The van der Waals surface area contributed by atoms with Gasteiger partial charge in [0.15, 0.2) is 0 Å². The highest BCUT2D eigenvalue weighted by atomic mass is 32.2. The molecule has 102 valence electrons. The van der Waals surface area contributed by atoms with E-state index in [-0.39, 0.29) is 0 Å². The first-order valence-electron chi connectivity index (χ1n) is 6.32. The number of hydrogen-bond donors (Lipinski definition) is 0. The maximum Gasteiger partial charge on any atom is 0.269 e. The van der Waals surface area contributed by atoms with E-state index < -0.39 is 10.0 Å². The summed E-state index contributed by atoms with van der Waals surface area (Å²) in [5.41, 5.74) is 2.05. The molecule has 0 bridgehead atoms. The van der Waals surface area contributed by atoms with Crippen molar-refractivity contribution in [1.82, 2.24) is 8.96 Å². The lowest BCUT2D eigenvalue weighted by Gasteiger charge is -2.10. The van der Waals surface area contributed by atoms with Crippen LogP contribution in [0.25, 0.3) is 0 Å². The first-order chi connectivity index (χ1) is 8.96. The molecule has 1 aromatic carbocycles. The van der Waals surface area contributed by atoms with Crippen LogP contribution in [0, 0.1) is 13.8 Å². The highest BCUT2D eigenvalue weighted by Crippen LogP contribution is 2.19. The van der Waals surface area contributed by atoms with E-state index in [1.165, 1.54) is 16.4 Å². The number of nitrogens with zero attached hydrogens (tertiary/aromatic N) is 2. The second-order valence-corrected chi connectivity index (χ2v) is 6.46. The van der Waals surface area contributed by atoms with Gasteiger partial charge in [-0.25, -0.2) is 17.4 Å². The van der Waals surface area contributed by atoms with Crippen LogP contribution in [0.3, 0.4) is 0 Å². The quantitative estimate of drug-likeness (QED) is 0.864. The first kappa shape index (κ1) is 13.8. The van der Waals surface area contributed by atoms with Gasteiger partial charge in [0, 0.05) is 18.8 Å². The Balaban J connectivity index is 2.52. The van der Waals surface area contributed by atoms with E-state index in [1.54, 1.807) is 12.1 Å². The second kappa shape index (κ2) is 5.17. The molecule has 1 aromatic heterocycles. The molecule has 0 aliphatic carbocycles. The smallest absolute Gasteiger partial charge is 0.241 e. The lowest BCUT2D eigenvalue weighted by Crippen LogP contribution is -2.15. The molecule has 0 aliphatic rings. The molecule has 1 heterocycles. The van der Waals surface area contributed by atoms with Crippen LogP contribution in [0.5, 0.6) is 0 Å². The maximum atomic E-state index is 12.6. The molecule has 0 atom stereocenters. The van der Waals surface area contributed by atoms with Gasteiger partial charge in [-0.1, -0.05) is 13.0 Å². The predicted molar refractivity (Wildman–Crippen MR) is 74.7 cm³/mol. The van der Waals surface area contributed by atoms with Crippen molar-refractivity contribution in [1.29, 1.82) is 0 Å². The Labute approximate surface area is 114 Å². The van der Waals surface area contributed by atoms with E-state index in [0.29, 0.717) is 17.1 Å². The molecule has 0 saturated heterocycles. The fourth-order valence-corrected chi connectivity index (χ4v) is 3.35. The van der Waals surface area contributed by atoms with Gasteiger partial charge in [-0.3, -0.25) is 0 Å². The summed E-state index contributed by atoms with van der Waals surface area (Å²) < 4.78 is 26.4. The predicted octanol–water partition coefficient (Wildman–Crippen LogP) is 2.69. The van der Waals surface area contributed by atoms with Gasteiger partial charge in [0.1, 0.15) is 5.82 Å². The molecule has 0 aliphatic heterocycles. The number of aryl methyl sites for hydroxylation is 3. The van der Waals surface area contributed by atoms with E-state index in [0.717, 1.165) is 17.5 Å². The SMILES string of the molecule is CCCc1nccn1S(=O)(=O)c1ccc(C)c(C)c1. The van der Waals surface area contributed by atoms with Crippen molar-refractivity contribution in [2.75, 3.05) is 0 Å². The van der Waals surface area contributed by atoms with Gasteiger partial charge < -0.3 is 0 Å². The molecule has 0 spiro atoms. The summed E-state index contributed by atoms with van der Waals surface area (Å²) >= 11 is 0. The zero-order chi connectivity index (χ0) is 14.0. The van der Waals surface area contributed by atoms with Crippen LogP contribution in [0.2, 0.25) is 0 Å². The van der Waals surface area contributed by atoms with Crippen molar-refractivity contribution in [2.24, 2.45) is 0 Å². The minimum atomic E-state index is -3.53. The van der Waals surface area contributed by atoms with Gasteiger partial charge in [0.2, 0.25) is 0 Å². The van der Waals surface area contributed by atoms with Crippen molar-refractivity contribution in [3.63, 3.8) is 0 Å². The monoisotopic (exact) mass is 278 g/mol. The second-order valence-electron chi connectivity index (χ2n) is 4.64. The van der Waals surface area contributed by atoms with Crippen LogP contribution in [0.4, 0.5) is 0 Å². The number of benzene rings is 1. The van der Waals surface area contributed by atoms with Crippen LogP contribution in [-0.4, -0.2) is 17.4 Å². The van der Waals surface area contributed by atoms with Gasteiger partial charge in [-0.2, -0.15) is 0 Å². The summed E-state index contributed by atoms with van der Waals surface area (Å²) in [5, 5.41) is 0. The highest BCUT2D eigenvalue weighted by Gasteiger charge is 2.20. The molecule has 0 N–H and O–H groups in total. The van der Waals surface area contributed by atoms with Gasteiger partial charge in [-0.15, -0.1) is 0 Å². The average Bonchev–Trinajstić information content (AvgIpc) is 2.82. The third-order valence-electron chi connectivity index (χ3n) is 3.19. The van der Waals surface area contributed by atoms with Crippen LogP contribution in [0.15, 0.2) is 35.5 Å². The zero-order valence-electron chi connectivity index (χ0n) is 11.4. The zero-order valence-corrected chi connectivity index (χ0v) is 12.2. The number of imidazole rings is 1. The molecule has 0 saturated carbocycles. The Hall–Kier alpha value is -1.62. The van der Waals surface area contributed by atoms with Crippen molar-refractivity contribution in [3.05, 3.63) is 47.5 Å². The number of hydrogen-bond acceptors (Lipinski definition) is 3. The lowest BCUT2D eigenvalue weighted by atomic mass is 10.1. The largest absolute Gasteiger partial charge is 0.269 e. The standard InChI is InChI=1S/C14H18N2O2S/c1-4-5-14-15-8-9-16(14)19(17,18)13-7-6-11(2)12(3)10-13/h6-10H,4-5H2,1-3H3. The normalized spacial score (nSPS) is 11.7. The van der Waals surface area contributed by atoms with E-state index >= 15 is 0 Å². The summed E-state index contributed by atoms with van der Waals surface area (Å²) in [6.45, 7) is 5.88. The van der Waals surface area contributed by atoms with E-state index in [2.05, 4.69) is 4.98 Å². The van der Waals surface area contributed by atoms with Gasteiger partial charge in [0.05, 0.1) is 4.90 Å². The molecule has 0 fully saturated rings. The van der Waals surface area contributed by atoms with Crippen molar-refractivity contribution in [2.45, 2.75) is 38.5 Å². The minimum Gasteiger partial charge on any atom is -0.241 e. The molecule has 19 heavy (non-hydrogen) atoms. The lowest BCUT2D eigenvalue weighted by molar-refractivity contribution is 0.583. The Kier molecular flexibility index (Phi) is 3.75. The molecular formula is C14H18N2O2S. The topological polar surface area (TPSA) is 52.0 Å². The van der Waals surface area contributed by atoms with Gasteiger partial charge >= 0.3 is 0 Å². The third-order valence-corrected chi connectivity index (χ3v) is 4.89. The maximum absolute atomic E-state index is 12.6. The highest BCUT2D eigenvalue weighted by molar-refractivity contribution is 7.90. The van der Waals surface area contributed by atoms with E-state index in [4.69, 9.17) is 0 Å². The summed E-state index contributed by atoms with van der Waals surface area (Å²) in [7, 11) is -3.53. The summed E-state index contributed by atoms with van der Waals surface area (Å²) in [4.78, 5) is 4.43. The Morgan fingerprint density at radius 1 is 1.21 bits per heavy atom. The number of rotatable bonds is 4. The fraction of sp³-hybridized carbons (Fsp3) is 0.357. The average molecular weight is 278 g/mol. The van der Waals surface area contributed by atoms with Crippen LogP contribution in [0.1, 0.15) is 30.3 Å². The molecule has 0 radical (unpaired) electrons. The van der Waals surface area contributed by atoms with E-state index in [1.807, 2.05) is 26.8 Å². The van der Waals surface area contributed by atoms with Gasteiger partial charge in [0.25, 0.3) is 10.0 Å². The molecular weight excluding hydrogens is 260 g/mol. The minimum absolute atomic E-state index is 0.311. The molecule has 2 rings (SSSR count). The van der Waals surface area contributed by atoms with Crippen molar-refractivity contribution in [3.8, 4) is 0 Å². The summed E-state index contributed by atoms with van der Waals surface area (Å²) in [6, 6.07) is 5.19. The van der Waals surface area contributed by atoms with Crippen molar-refractivity contribution < 1.29 is 8.42 Å².